The quantitative estimate of drug-likeness (QED) is 0.925. The topological polar surface area (TPSA) is 74.3 Å². The van der Waals surface area contributed by atoms with E-state index in [0.29, 0.717) is 12.3 Å². The van der Waals surface area contributed by atoms with Crippen LogP contribution in [0.1, 0.15) is 11.5 Å². The summed E-state index contributed by atoms with van der Waals surface area (Å²) in [5, 5.41) is 11.9. The lowest BCUT2D eigenvalue weighted by Gasteiger charge is -2.27. The van der Waals surface area contributed by atoms with Crippen LogP contribution in [0.25, 0.3) is 0 Å². The molecule has 0 spiro atoms. The van der Waals surface area contributed by atoms with E-state index in [9.17, 15) is 0 Å². The fourth-order valence-corrected chi connectivity index (χ4v) is 2.19. The summed E-state index contributed by atoms with van der Waals surface area (Å²) < 4.78 is 10.6. The molecule has 108 valence electrons. The molecule has 0 aromatic carbocycles. The van der Waals surface area contributed by atoms with Crippen molar-refractivity contribution in [1.82, 2.24) is 4.98 Å². The van der Waals surface area contributed by atoms with Crippen LogP contribution >= 0.6 is 0 Å². The largest absolute Gasteiger partial charge is 0.449 e. The van der Waals surface area contributed by atoms with Gasteiger partial charge >= 0.3 is 0 Å². The van der Waals surface area contributed by atoms with Crippen molar-refractivity contribution in [3.8, 4) is 6.07 Å². The van der Waals surface area contributed by atoms with E-state index in [2.05, 4.69) is 15.2 Å². The number of rotatable bonds is 4. The van der Waals surface area contributed by atoms with Crippen LogP contribution in [-0.2, 0) is 11.3 Å². The van der Waals surface area contributed by atoms with Crippen LogP contribution in [0.3, 0.4) is 0 Å². The van der Waals surface area contributed by atoms with Crippen LogP contribution in [-0.4, -0.2) is 31.3 Å². The highest BCUT2D eigenvalue weighted by Crippen LogP contribution is 2.16. The van der Waals surface area contributed by atoms with Crippen LogP contribution < -0.4 is 10.2 Å². The number of nitrogens with zero attached hydrogens (tertiary/aromatic N) is 3. The van der Waals surface area contributed by atoms with E-state index >= 15 is 0 Å². The van der Waals surface area contributed by atoms with Crippen molar-refractivity contribution in [2.45, 2.75) is 6.54 Å². The zero-order chi connectivity index (χ0) is 14.5. The van der Waals surface area contributed by atoms with Crippen molar-refractivity contribution in [2.75, 3.05) is 36.5 Å². The van der Waals surface area contributed by atoms with Gasteiger partial charge in [0.1, 0.15) is 17.6 Å². The van der Waals surface area contributed by atoms with E-state index in [1.54, 1.807) is 18.3 Å². The van der Waals surface area contributed by atoms with Crippen LogP contribution in [0, 0.1) is 11.3 Å². The standard InChI is InChI=1S/C15H16N4O2/c16-9-13-2-3-14(21-13)11-17-12-1-4-15(18-10-12)19-5-7-20-8-6-19/h1-4,10,17H,5-8,11H2. The van der Waals surface area contributed by atoms with Crippen LogP contribution in [0.2, 0.25) is 0 Å². The first-order chi connectivity index (χ1) is 10.3. The molecule has 1 fully saturated rings. The summed E-state index contributed by atoms with van der Waals surface area (Å²) in [7, 11) is 0. The average molecular weight is 284 g/mol. The second-order valence-electron chi connectivity index (χ2n) is 4.74. The first-order valence-corrected chi connectivity index (χ1v) is 6.86. The maximum Gasteiger partial charge on any atom is 0.203 e. The third kappa shape index (κ3) is 3.33. The Bertz CT molecular complexity index is 624. The predicted octanol–water partition coefficient (Wildman–Crippen LogP) is 1.99. The summed E-state index contributed by atoms with van der Waals surface area (Å²) >= 11 is 0. The molecule has 21 heavy (non-hydrogen) atoms. The molecule has 0 atom stereocenters. The number of aromatic nitrogens is 1. The number of nitriles is 1. The van der Waals surface area contributed by atoms with E-state index in [1.807, 2.05) is 18.2 Å². The summed E-state index contributed by atoms with van der Waals surface area (Å²) in [5.41, 5.74) is 0.918. The van der Waals surface area contributed by atoms with Crippen molar-refractivity contribution in [2.24, 2.45) is 0 Å². The molecule has 6 nitrogen and oxygen atoms in total. The Hall–Kier alpha value is -2.52. The summed E-state index contributed by atoms with van der Waals surface area (Å²) in [6, 6.07) is 9.41. The first kappa shape index (κ1) is 13.5. The highest BCUT2D eigenvalue weighted by molar-refractivity contribution is 5.48. The normalized spacial score (nSPS) is 14.7. The van der Waals surface area contributed by atoms with Gasteiger partial charge in [-0.15, -0.1) is 0 Å². The molecule has 3 heterocycles. The van der Waals surface area contributed by atoms with Crippen LogP contribution in [0.4, 0.5) is 11.5 Å². The van der Waals surface area contributed by atoms with Crippen molar-refractivity contribution in [3.63, 3.8) is 0 Å². The lowest BCUT2D eigenvalue weighted by molar-refractivity contribution is 0.122. The van der Waals surface area contributed by atoms with E-state index in [4.69, 9.17) is 14.4 Å². The maximum absolute atomic E-state index is 8.70. The second kappa shape index (κ2) is 6.29. The number of hydrogen-bond donors (Lipinski definition) is 1. The molecular formula is C15H16N4O2. The SMILES string of the molecule is N#Cc1ccc(CNc2ccc(N3CCOCC3)nc2)o1. The molecule has 3 rings (SSSR count). The van der Waals surface area contributed by atoms with Gasteiger partial charge < -0.3 is 19.4 Å². The number of pyridine rings is 1. The highest BCUT2D eigenvalue weighted by atomic mass is 16.5. The molecule has 1 aliphatic rings. The zero-order valence-electron chi connectivity index (χ0n) is 11.6. The number of morpholine rings is 1. The van der Waals surface area contributed by atoms with Gasteiger partial charge in [0.15, 0.2) is 0 Å². The fourth-order valence-electron chi connectivity index (χ4n) is 2.19. The van der Waals surface area contributed by atoms with Crippen LogP contribution in [0.5, 0.6) is 0 Å². The first-order valence-electron chi connectivity index (χ1n) is 6.86. The molecule has 0 aliphatic carbocycles. The fraction of sp³-hybridized carbons (Fsp3) is 0.333. The number of ether oxygens (including phenoxy) is 1. The Kier molecular flexibility index (Phi) is 4.03. The van der Waals surface area contributed by atoms with Gasteiger partial charge in [-0.1, -0.05) is 0 Å². The molecule has 0 saturated carbocycles. The monoisotopic (exact) mass is 284 g/mol. The number of hydrogen-bond acceptors (Lipinski definition) is 6. The van der Waals surface area contributed by atoms with E-state index in [1.165, 1.54) is 0 Å². The molecule has 1 saturated heterocycles. The summed E-state index contributed by atoms with van der Waals surface area (Å²) in [6.07, 6.45) is 1.80. The lowest BCUT2D eigenvalue weighted by Crippen LogP contribution is -2.36. The van der Waals surface area contributed by atoms with Gasteiger partial charge in [-0.25, -0.2) is 4.98 Å². The van der Waals surface area contributed by atoms with Crippen molar-refractivity contribution in [3.05, 3.63) is 42.0 Å². The van der Waals surface area contributed by atoms with E-state index < -0.39 is 0 Å². The average Bonchev–Trinajstić information content (AvgIpc) is 3.02. The Morgan fingerprint density at radius 3 is 2.76 bits per heavy atom. The minimum absolute atomic E-state index is 0.326. The maximum atomic E-state index is 8.70. The third-order valence-corrected chi connectivity index (χ3v) is 3.32. The minimum Gasteiger partial charge on any atom is -0.449 e. The predicted molar refractivity (Wildman–Crippen MR) is 78.0 cm³/mol. The molecule has 0 radical (unpaired) electrons. The van der Waals surface area contributed by atoms with Gasteiger partial charge in [-0.3, -0.25) is 0 Å². The smallest absolute Gasteiger partial charge is 0.203 e. The molecule has 0 bridgehead atoms. The van der Waals surface area contributed by atoms with Gasteiger partial charge in [0.05, 0.1) is 31.6 Å². The van der Waals surface area contributed by atoms with Gasteiger partial charge in [-0.2, -0.15) is 5.26 Å². The molecular weight excluding hydrogens is 268 g/mol. The molecule has 2 aromatic heterocycles. The van der Waals surface area contributed by atoms with E-state index in [0.717, 1.165) is 43.6 Å². The van der Waals surface area contributed by atoms with E-state index in [-0.39, 0.29) is 0 Å². The number of anilines is 2. The van der Waals surface area contributed by atoms with Gasteiger partial charge in [0.2, 0.25) is 5.76 Å². The number of furan rings is 1. The second-order valence-corrected chi connectivity index (χ2v) is 4.74. The molecule has 0 unspecified atom stereocenters. The molecule has 0 amide bonds. The third-order valence-electron chi connectivity index (χ3n) is 3.32. The number of nitrogens with one attached hydrogen (secondary N) is 1. The summed E-state index contributed by atoms with van der Waals surface area (Å²) in [5.74, 6) is 2.02. The Morgan fingerprint density at radius 2 is 2.10 bits per heavy atom. The van der Waals surface area contributed by atoms with Gasteiger partial charge in [-0.05, 0) is 24.3 Å². The minimum atomic E-state index is 0.326. The summed E-state index contributed by atoms with van der Waals surface area (Å²) in [4.78, 5) is 6.67. The van der Waals surface area contributed by atoms with Gasteiger partial charge in [0, 0.05) is 13.1 Å². The molecule has 1 aliphatic heterocycles. The van der Waals surface area contributed by atoms with Gasteiger partial charge in [0.25, 0.3) is 0 Å². The Balaban J connectivity index is 1.58. The van der Waals surface area contributed by atoms with Crippen molar-refractivity contribution < 1.29 is 9.15 Å². The molecule has 1 N–H and O–H groups in total. The molecule has 2 aromatic rings. The highest BCUT2D eigenvalue weighted by Gasteiger charge is 2.11. The Morgan fingerprint density at radius 1 is 1.24 bits per heavy atom. The van der Waals surface area contributed by atoms with Crippen molar-refractivity contribution in [1.29, 1.82) is 5.26 Å². The van der Waals surface area contributed by atoms with Crippen LogP contribution in [0.15, 0.2) is 34.9 Å². The summed E-state index contributed by atoms with van der Waals surface area (Å²) in [6.45, 7) is 3.79. The zero-order valence-corrected chi connectivity index (χ0v) is 11.6. The van der Waals surface area contributed by atoms with Crippen molar-refractivity contribution >= 4 is 11.5 Å². The Labute approximate surface area is 123 Å². The molecule has 6 heteroatoms. The lowest BCUT2D eigenvalue weighted by atomic mass is 10.3.